The van der Waals surface area contributed by atoms with E-state index in [4.69, 9.17) is 14.2 Å². The van der Waals surface area contributed by atoms with Gasteiger partial charge in [0, 0.05) is 37.9 Å². The predicted molar refractivity (Wildman–Crippen MR) is 99.6 cm³/mol. The fourth-order valence-electron chi connectivity index (χ4n) is 3.28. The average Bonchev–Trinajstić information content (AvgIpc) is 3.17. The zero-order chi connectivity index (χ0) is 18.6. The van der Waals surface area contributed by atoms with Crippen molar-refractivity contribution in [3.63, 3.8) is 0 Å². The number of carbonyl (C=O) groups is 1. The van der Waals surface area contributed by atoms with Crippen LogP contribution < -0.4 is 19.1 Å². The van der Waals surface area contributed by atoms with E-state index in [1.807, 2.05) is 23.1 Å². The number of carbonyl (C=O) groups excluding carboxylic acids is 1. The summed E-state index contributed by atoms with van der Waals surface area (Å²) < 4.78 is 16.3. The number of nitrogens with zero attached hydrogens (tertiary/aromatic N) is 2. The van der Waals surface area contributed by atoms with Crippen molar-refractivity contribution in [2.45, 2.75) is 6.42 Å². The van der Waals surface area contributed by atoms with Gasteiger partial charge in [-0.25, -0.2) is 0 Å². The topological polar surface area (TPSA) is 71.5 Å². The Kier molecular flexibility index (Phi) is 4.91. The molecule has 1 saturated heterocycles. The molecule has 142 valence electrons. The summed E-state index contributed by atoms with van der Waals surface area (Å²) in [6, 6.07) is 12.7. The van der Waals surface area contributed by atoms with Crippen LogP contribution in [-0.4, -0.2) is 55.5 Å². The van der Waals surface area contributed by atoms with E-state index >= 15 is 0 Å². The Morgan fingerprint density at radius 1 is 1.04 bits per heavy atom. The minimum atomic E-state index is 0.0655. The second-order valence-corrected chi connectivity index (χ2v) is 6.47. The number of hydrogen-bond acceptors (Lipinski definition) is 6. The van der Waals surface area contributed by atoms with E-state index in [0.717, 1.165) is 30.3 Å². The van der Waals surface area contributed by atoms with E-state index in [-0.39, 0.29) is 25.1 Å². The van der Waals surface area contributed by atoms with E-state index in [0.29, 0.717) is 25.3 Å². The molecule has 27 heavy (non-hydrogen) atoms. The standard InChI is InChI=1S/C20H22N2O5/c23-16-3-1-2-4-17(16)25-12-7-20(24)22-10-8-21(9-11-22)15-5-6-18-19(13-15)27-14-26-18/h1-6,13,23H,7-12,14H2. The molecule has 2 heterocycles. The first kappa shape index (κ1) is 17.3. The molecule has 0 unspecified atom stereocenters. The van der Waals surface area contributed by atoms with Crippen LogP contribution in [0.5, 0.6) is 23.0 Å². The highest BCUT2D eigenvalue weighted by atomic mass is 16.7. The number of rotatable bonds is 5. The molecule has 0 aromatic heterocycles. The fourth-order valence-corrected chi connectivity index (χ4v) is 3.28. The highest BCUT2D eigenvalue weighted by molar-refractivity contribution is 5.76. The molecule has 0 radical (unpaired) electrons. The van der Waals surface area contributed by atoms with Gasteiger partial charge in [0.2, 0.25) is 12.7 Å². The third-order valence-electron chi connectivity index (χ3n) is 4.79. The zero-order valence-electron chi connectivity index (χ0n) is 15.0. The Labute approximate surface area is 157 Å². The normalized spacial score (nSPS) is 15.7. The lowest BCUT2D eigenvalue weighted by Gasteiger charge is -2.36. The molecule has 7 heteroatoms. The quantitative estimate of drug-likeness (QED) is 0.870. The fraction of sp³-hybridized carbons (Fsp3) is 0.350. The van der Waals surface area contributed by atoms with E-state index < -0.39 is 0 Å². The van der Waals surface area contributed by atoms with Crippen LogP contribution in [0.15, 0.2) is 42.5 Å². The lowest BCUT2D eigenvalue weighted by Crippen LogP contribution is -2.49. The van der Waals surface area contributed by atoms with Gasteiger partial charge in [-0.1, -0.05) is 12.1 Å². The molecule has 2 aliphatic rings. The lowest BCUT2D eigenvalue weighted by atomic mass is 10.2. The van der Waals surface area contributed by atoms with Crippen molar-refractivity contribution in [3.8, 4) is 23.0 Å². The molecule has 0 atom stereocenters. The number of amides is 1. The minimum Gasteiger partial charge on any atom is -0.504 e. The van der Waals surface area contributed by atoms with Crippen molar-refractivity contribution >= 4 is 11.6 Å². The highest BCUT2D eigenvalue weighted by Gasteiger charge is 2.23. The van der Waals surface area contributed by atoms with Gasteiger partial charge in [0.15, 0.2) is 23.0 Å². The number of phenolic OH excluding ortho intramolecular Hbond substituents is 1. The summed E-state index contributed by atoms with van der Waals surface area (Å²) in [5.41, 5.74) is 1.08. The van der Waals surface area contributed by atoms with Gasteiger partial charge < -0.3 is 29.1 Å². The van der Waals surface area contributed by atoms with Crippen molar-refractivity contribution in [2.24, 2.45) is 0 Å². The summed E-state index contributed by atoms with van der Waals surface area (Å²) in [7, 11) is 0. The first-order valence-corrected chi connectivity index (χ1v) is 9.04. The van der Waals surface area contributed by atoms with Gasteiger partial charge in [0.05, 0.1) is 13.0 Å². The van der Waals surface area contributed by atoms with Crippen LogP contribution in [0.2, 0.25) is 0 Å². The zero-order valence-corrected chi connectivity index (χ0v) is 15.0. The molecule has 4 rings (SSSR count). The number of hydrogen-bond donors (Lipinski definition) is 1. The van der Waals surface area contributed by atoms with Gasteiger partial charge >= 0.3 is 0 Å². The Hall–Kier alpha value is -3.09. The maximum Gasteiger partial charge on any atom is 0.231 e. The molecule has 7 nitrogen and oxygen atoms in total. The molecule has 2 aliphatic heterocycles. The third-order valence-corrected chi connectivity index (χ3v) is 4.79. The molecule has 1 fully saturated rings. The van der Waals surface area contributed by atoms with Crippen molar-refractivity contribution < 1.29 is 24.1 Å². The van der Waals surface area contributed by atoms with Crippen molar-refractivity contribution in [1.82, 2.24) is 4.90 Å². The maximum atomic E-state index is 12.4. The molecule has 0 saturated carbocycles. The van der Waals surface area contributed by atoms with Crippen LogP contribution in [0.1, 0.15) is 6.42 Å². The van der Waals surface area contributed by atoms with Crippen LogP contribution in [-0.2, 0) is 4.79 Å². The Morgan fingerprint density at radius 3 is 2.63 bits per heavy atom. The van der Waals surface area contributed by atoms with Gasteiger partial charge in [-0.2, -0.15) is 0 Å². The summed E-state index contributed by atoms with van der Waals surface area (Å²) in [6.45, 7) is 3.40. The Morgan fingerprint density at radius 2 is 1.81 bits per heavy atom. The van der Waals surface area contributed by atoms with Crippen LogP contribution in [0, 0.1) is 0 Å². The molecule has 2 aromatic rings. The smallest absolute Gasteiger partial charge is 0.231 e. The predicted octanol–water partition coefficient (Wildman–Crippen LogP) is 2.24. The van der Waals surface area contributed by atoms with E-state index in [1.165, 1.54) is 0 Å². The number of fused-ring (bicyclic) bond motifs is 1. The van der Waals surface area contributed by atoms with Gasteiger partial charge in [0.25, 0.3) is 0 Å². The second-order valence-electron chi connectivity index (χ2n) is 6.47. The molecule has 0 aliphatic carbocycles. The van der Waals surface area contributed by atoms with Crippen LogP contribution in [0.4, 0.5) is 5.69 Å². The van der Waals surface area contributed by atoms with Crippen molar-refractivity contribution in [2.75, 3.05) is 44.5 Å². The molecule has 2 aromatic carbocycles. The Bertz CT molecular complexity index is 818. The van der Waals surface area contributed by atoms with Gasteiger partial charge in [-0.3, -0.25) is 4.79 Å². The lowest BCUT2D eigenvalue weighted by molar-refractivity contribution is -0.132. The van der Waals surface area contributed by atoms with Crippen LogP contribution >= 0.6 is 0 Å². The summed E-state index contributed by atoms with van der Waals surface area (Å²) >= 11 is 0. The number of anilines is 1. The molecule has 1 amide bonds. The van der Waals surface area contributed by atoms with Crippen LogP contribution in [0.3, 0.4) is 0 Å². The first-order chi connectivity index (χ1) is 13.2. The van der Waals surface area contributed by atoms with E-state index in [2.05, 4.69) is 4.90 Å². The van der Waals surface area contributed by atoms with Gasteiger partial charge in [-0.15, -0.1) is 0 Å². The largest absolute Gasteiger partial charge is 0.504 e. The molecule has 0 spiro atoms. The van der Waals surface area contributed by atoms with Crippen molar-refractivity contribution in [1.29, 1.82) is 0 Å². The average molecular weight is 370 g/mol. The van der Waals surface area contributed by atoms with E-state index in [9.17, 15) is 9.90 Å². The highest BCUT2D eigenvalue weighted by Crippen LogP contribution is 2.35. The molecule has 0 bridgehead atoms. The number of ether oxygens (including phenoxy) is 3. The number of benzene rings is 2. The summed E-state index contributed by atoms with van der Waals surface area (Å²) in [5.74, 6) is 2.10. The van der Waals surface area contributed by atoms with Gasteiger partial charge in [0.1, 0.15) is 0 Å². The molecule has 1 N–H and O–H groups in total. The molecular formula is C20H22N2O5. The number of para-hydroxylation sites is 2. The number of piperazine rings is 1. The Balaban J connectivity index is 1.25. The first-order valence-electron chi connectivity index (χ1n) is 9.04. The number of phenols is 1. The summed E-state index contributed by atoms with van der Waals surface area (Å²) in [5, 5.41) is 9.68. The third kappa shape index (κ3) is 3.86. The van der Waals surface area contributed by atoms with Gasteiger partial charge in [-0.05, 0) is 24.3 Å². The molecular weight excluding hydrogens is 348 g/mol. The monoisotopic (exact) mass is 370 g/mol. The van der Waals surface area contributed by atoms with E-state index in [1.54, 1.807) is 24.3 Å². The summed E-state index contributed by atoms with van der Waals surface area (Å²) in [4.78, 5) is 16.5. The van der Waals surface area contributed by atoms with Crippen molar-refractivity contribution in [3.05, 3.63) is 42.5 Å². The van der Waals surface area contributed by atoms with Crippen LogP contribution in [0.25, 0.3) is 0 Å². The minimum absolute atomic E-state index is 0.0655. The number of aromatic hydroxyl groups is 1. The SMILES string of the molecule is O=C(CCOc1ccccc1O)N1CCN(c2ccc3c(c2)OCO3)CC1. The maximum absolute atomic E-state index is 12.4. The summed E-state index contributed by atoms with van der Waals surface area (Å²) in [6.07, 6.45) is 0.290. The second kappa shape index (κ2) is 7.65.